The number of hydrogen-bond donors (Lipinski definition) is 3. The summed E-state index contributed by atoms with van der Waals surface area (Å²) >= 11 is 0. The Morgan fingerprint density at radius 2 is 1.68 bits per heavy atom. The molecule has 3 N–H and O–H groups in total. The minimum absolute atomic E-state index is 0.0191. The van der Waals surface area contributed by atoms with E-state index in [-0.39, 0.29) is 25.8 Å². The molecular weight excluding hydrogens is 825 g/mol. The number of sulfonamides is 1. The number of rotatable bonds is 14. The van der Waals surface area contributed by atoms with E-state index < -0.39 is 79.2 Å². The fourth-order valence-electron chi connectivity index (χ4n) is 8.15. The van der Waals surface area contributed by atoms with Gasteiger partial charge in [-0.05, 0) is 81.7 Å². The molecule has 0 bridgehead atoms. The molecule has 2 aromatic heterocycles. The highest BCUT2D eigenvalue weighted by atomic mass is 32.2. The van der Waals surface area contributed by atoms with Gasteiger partial charge >= 0.3 is 6.09 Å². The van der Waals surface area contributed by atoms with Crippen molar-refractivity contribution in [3.63, 3.8) is 0 Å². The van der Waals surface area contributed by atoms with Crippen LogP contribution >= 0.6 is 0 Å². The Morgan fingerprint density at radius 1 is 0.968 bits per heavy atom. The Labute approximate surface area is 368 Å². The zero-order chi connectivity index (χ0) is 45.5. The van der Waals surface area contributed by atoms with E-state index in [2.05, 4.69) is 26.9 Å². The molecule has 4 aromatic rings. The van der Waals surface area contributed by atoms with Crippen LogP contribution in [-0.4, -0.2) is 94.8 Å². The van der Waals surface area contributed by atoms with Crippen LogP contribution in [0.4, 0.5) is 4.79 Å². The maximum absolute atomic E-state index is 14.8. The van der Waals surface area contributed by atoms with E-state index in [1.54, 1.807) is 79.1 Å². The van der Waals surface area contributed by atoms with Gasteiger partial charge in [-0.25, -0.2) is 18.2 Å². The van der Waals surface area contributed by atoms with E-state index in [1.807, 2.05) is 48.5 Å². The lowest BCUT2D eigenvalue weighted by Crippen LogP contribution is -2.60. The molecule has 2 aliphatic carbocycles. The second-order valence-corrected chi connectivity index (χ2v) is 20.9. The molecule has 3 fully saturated rings. The third-order valence-electron chi connectivity index (χ3n) is 11.8. The number of fused-ring (bicyclic) bond motifs is 1. The van der Waals surface area contributed by atoms with Crippen LogP contribution in [0.5, 0.6) is 11.5 Å². The molecule has 5 atom stereocenters. The van der Waals surface area contributed by atoms with Crippen molar-refractivity contribution < 1.29 is 41.8 Å². The van der Waals surface area contributed by atoms with Crippen molar-refractivity contribution in [3.8, 4) is 22.9 Å². The Morgan fingerprint density at radius 3 is 2.29 bits per heavy atom. The minimum Gasteiger partial charge on any atom is -0.497 e. The molecule has 7 rings (SSSR count). The van der Waals surface area contributed by atoms with E-state index in [0.717, 1.165) is 5.56 Å². The van der Waals surface area contributed by atoms with Gasteiger partial charge in [-0.2, -0.15) is 0 Å². The Bertz CT molecular complexity index is 2520. The van der Waals surface area contributed by atoms with E-state index in [1.165, 1.54) is 11.0 Å². The average Bonchev–Trinajstić information content (AvgIpc) is 4.13. The topological polar surface area (TPSA) is 195 Å². The van der Waals surface area contributed by atoms with E-state index in [0.29, 0.717) is 46.6 Å². The molecule has 1 aliphatic heterocycles. The summed E-state index contributed by atoms with van der Waals surface area (Å²) in [6, 6.07) is 19.4. The number of pyridine rings is 2. The molecule has 16 heteroatoms. The van der Waals surface area contributed by atoms with Gasteiger partial charge in [0.05, 0.1) is 35.3 Å². The van der Waals surface area contributed by atoms with Gasteiger partial charge in [-0.1, -0.05) is 63.2 Å². The predicted octanol–water partition coefficient (Wildman–Crippen LogP) is 5.88. The highest BCUT2D eigenvalue weighted by Gasteiger charge is 2.63. The Hall–Kier alpha value is -6.03. The number of carbonyl (C=O) groups is 4. The van der Waals surface area contributed by atoms with Gasteiger partial charge in [-0.3, -0.25) is 24.1 Å². The molecule has 3 aliphatic rings. The molecular formula is C47H56N6O9S. The number of nitrogens with zero attached hydrogens (tertiary/aromatic N) is 3. The number of carbonyl (C=O) groups excluding carboxylic acids is 4. The molecule has 2 saturated carbocycles. The summed E-state index contributed by atoms with van der Waals surface area (Å²) in [4.78, 5) is 67.6. The van der Waals surface area contributed by atoms with Crippen LogP contribution in [0.15, 0.2) is 91.6 Å². The summed E-state index contributed by atoms with van der Waals surface area (Å²) in [5.41, 5.74) is -0.853. The molecule has 4 amide bonds. The van der Waals surface area contributed by atoms with E-state index >= 15 is 0 Å². The third-order valence-corrected chi connectivity index (χ3v) is 14.0. The number of alkyl carbamates (subject to hydrolysis) is 1. The average molecular weight is 881 g/mol. The van der Waals surface area contributed by atoms with Crippen LogP contribution < -0.4 is 24.8 Å². The van der Waals surface area contributed by atoms with Crippen LogP contribution in [0.2, 0.25) is 0 Å². The standard InChI is InChI=1S/C47H56N6O9S/c1-9-30-27-47(30,42(56)52-63(58,59)46(20-21-46)26-29-15-11-10-12-16-29)51-40(54)37-24-32(28-53(37)41(55)39(44(2,3)4)50-43(57)62-45(5,6)7)61-38-25-36(34-17-13-14-22-48-34)49-35-23-31(60-8)18-19-33(35)38/h9-19,22-23,25,30,32,37,39H,1,20-21,24,26-28H2,2-8H3,(H,50,57)(H,51,54)(H,52,56). The quantitative estimate of drug-likeness (QED) is 0.128. The molecule has 5 unspecified atom stereocenters. The lowest BCUT2D eigenvalue weighted by molar-refractivity contribution is -0.143. The summed E-state index contributed by atoms with van der Waals surface area (Å²) < 4.78 is 46.7. The lowest BCUT2D eigenvalue weighted by Gasteiger charge is -2.36. The lowest BCUT2D eigenvalue weighted by atomic mass is 9.85. The molecule has 15 nitrogen and oxygen atoms in total. The molecule has 0 radical (unpaired) electrons. The fraction of sp³-hybridized carbons (Fsp3) is 0.447. The summed E-state index contributed by atoms with van der Waals surface area (Å²) in [6.07, 6.45) is 2.65. The fourth-order valence-corrected chi connectivity index (χ4v) is 9.79. The summed E-state index contributed by atoms with van der Waals surface area (Å²) in [5.74, 6) is -1.73. The summed E-state index contributed by atoms with van der Waals surface area (Å²) in [7, 11) is -2.63. The van der Waals surface area contributed by atoms with Crippen molar-refractivity contribution in [2.24, 2.45) is 11.3 Å². The molecule has 1 saturated heterocycles. The van der Waals surface area contributed by atoms with Crippen LogP contribution in [0.25, 0.3) is 22.3 Å². The van der Waals surface area contributed by atoms with Gasteiger partial charge in [0.25, 0.3) is 5.91 Å². The van der Waals surface area contributed by atoms with Crippen molar-refractivity contribution in [1.82, 2.24) is 30.2 Å². The largest absolute Gasteiger partial charge is 0.497 e. The molecule has 0 spiro atoms. The zero-order valence-corrected chi connectivity index (χ0v) is 37.6. The SMILES string of the molecule is C=CC1CC1(NC(=O)C1CC(Oc2cc(-c3ccccn3)nc3cc(OC)ccc23)CN1C(=O)C(NC(=O)OC(C)(C)C)C(C)(C)C)C(=O)NS(=O)(=O)C1(Cc2ccccc2)CC1. The van der Waals surface area contributed by atoms with E-state index in [9.17, 15) is 27.6 Å². The first kappa shape index (κ1) is 45.0. The van der Waals surface area contributed by atoms with Crippen LogP contribution in [-0.2, 0) is 35.6 Å². The number of amides is 4. The Kier molecular flexibility index (Phi) is 12.1. The van der Waals surface area contributed by atoms with Crippen molar-refractivity contribution in [1.29, 1.82) is 0 Å². The number of aromatic nitrogens is 2. The van der Waals surface area contributed by atoms with Gasteiger partial charge in [0.1, 0.15) is 40.8 Å². The number of nitrogens with one attached hydrogen (secondary N) is 3. The second kappa shape index (κ2) is 16.9. The van der Waals surface area contributed by atoms with Gasteiger partial charge < -0.3 is 29.7 Å². The maximum Gasteiger partial charge on any atom is 0.408 e. The van der Waals surface area contributed by atoms with E-state index in [4.69, 9.17) is 19.2 Å². The van der Waals surface area contributed by atoms with Gasteiger partial charge in [-0.15, -0.1) is 6.58 Å². The highest BCUT2D eigenvalue weighted by molar-refractivity contribution is 7.91. The number of ether oxygens (including phenoxy) is 3. The number of hydrogen-bond acceptors (Lipinski definition) is 11. The van der Waals surface area contributed by atoms with Crippen LogP contribution in [0.3, 0.4) is 0 Å². The summed E-state index contributed by atoms with van der Waals surface area (Å²) in [5, 5.41) is 6.25. The molecule has 334 valence electrons. The maximum atomic E-state index is 14.8. The van der Waals surface area contributed by atoms with Crippen molar-refractivity contribution in [2.45, 2.75) is 108 Å². The Balaban J connectivity index is 1.20. The first-order valence-electron chi connectivity index (χ1n) is 21.1. The van der Waals surface area contributed by atoms with Gasteiger partial charge in [0, 0.05) is 36.1 Å². The molecule has 2 aromatic carbocycles. The van der Waals surface area contributed by atoms with Crippen LogP contribution in [0, 0.1) is 11.3 Å². The number of likely N-dealkylation sites (tertiary alicyclic amines) is 1. The number of benzene rings is 2. The summed E-state index contributed by atoms with van der Waals surface area (Å²) in [6.45, 7) is 14.2. The smallest absolute Gasteiger partial charge is 0.408 e. The van der Waals surface area contributed by atoms with Crippen LogP contribution in [0.1, 0.15) is 72.8 Å². The normalized spacial score (nSPS) is 22.0. The van der Waals surface area contributed by atoms with Gasteiger partial charge in [0.2, 0.25) is 21.8 Å². The van der Waals surface area contributed by atoms with Gasteiger partial charge in [0.15, 0.2) is 0 Å². The number of methoxy groups -OCH3 is 1. The predicted molar refractivity (Wildman–Crippen MR) is 237 cm³/mol. The third kappa shape index (κ3) is 9.65. The second-order valence-electron chi connectivity index (χ2n) is 18.8. The van der Waals surface area contributed by atoms with Crippen molar-refractivity contribution in [2.75, 3.05) is 13.7 Å². The first-order valence-corrected chi connectivity index (χ1v) is 22.6. The minimum atomic E-state index is -4.18. The molecule has 63 heavy (non-hydrogen) atoms. The first-order chi connectivity index (χ1) is 29.7. The van der Waals surface area contributed by atoms with Crippen molar-refractivity contribution in [3.05, 3.63) is 97.2 Å². The van der Waals surface area contributed by atoms with Crippen molar-refractivity contribution >= 4 is 44.7 Å². The zero-order valence-electron chi connectivity index (χ0n) is 36.8. The molecule has 3 heterocycles. The highest BCUT2D eigenvalue weighted by Crippen LogP contribution is 2.49. The monoisotopic (exact) mass is 880 g/mol.